The molecule has 0 spiro atoms. The van der Waals surface area contributed by atoms with Gasteiger partial charge >= 0.3 is 0 Å². The summed E-state index contributed by atoms with van der Waals surface area (Å²) in [5.74, 6) is 0.665. The predicted octanol–water partition coefficient (Wildman–Crippen LogP) is 1.66. The van der Waals surface area contributed by atoms with Gasteiger partial charge < -0.3 is 15.2 Å². The number of anilines is 1. The van der Waals surface area contributed by atoms with Crippen LogP contribution >= 0.6 is 0 Å². The quantitative estimate of drug-likeness (QED) is 0.752. The first-order chi connectivity index (χ1) is 12.6. The van der Waals surface area contributed by atoms with Crippen LogP contribution in [0.1, 0.15) is 23.3 Å². The molecule has 1 aliphatic rings. The summed E-state index contributed by atoms with van der Waals surface area (Å²) in [5.41, 5.74) is 1.40. The van der Waals surface area contributed by atoms with E-state index in [0.717, 1.165) is 36.1 Å². The second-order valence-corrected chi connectivity index (χ2v) is 6.68. The average Bonchev–Trinajstić information content (AvgIpc) is 3.09. The highest BCUT2D eigenvalue weighted by molar-refractivity contribution is 5.98. The Morgan fingerprint density at radius 2 is 2.12 bits per heavy atom. The monoisotopic (exact) mass is 351 g/mol. The van der Waals surface area contributed by atoms with E-state index in [-0.39, 0.29) is 17.5 Å². The summed E-state index contributed by atoms with van der Waals surface area (Å²) >= 11 is 0. The summed E-state index contributed by atoms with van der Waals surface area (Å²) in [4.78, 5) is 29.4. The fraction of sp³-hybridized carbons (Fsp3) is 0.316. The maximum absolute atomic E-state index is 12.6. The van der Waals surface area contributed by atoms with Gasteiger partial charge in [-0.05, 0) is 31.0 Å². The van der Waals surface area contributed by atoms with Crippen LogP contribution in [0.25, 0.3) is 10.9 Å². The van der Waals surface area contributed by atoms with Crippen LogP contribution in [0, 0.1) is 0 Å². The third-order valence-electron chi connectivity index (χ3n) is 4.80. The Bertz CT molecular complexity index is 973. The molecule has 1 fully saturated rings. The Balaban J connectivity index is 1.46. The van der Waals surface area contributed by atoms with Crippen LogP contribution in [0.5, 0.6) is 0 Å². The Labute approximate surface area is 150 Å². The van der Waals surface area contributed by atoms with Gasteiger partial charge in [0.1, 0.15) is 11.5 Å². The molecule has 2 aromatic heterocycles. The van der Waals surface area contributed by atoms with Crippen molar-refractivity contribution in [2.75, 3.05) is 18.0 Å². The molecule has 26 heavy (non-hydrogen) atoms. The summed E-state index contributed by atoms with van der Waals surface area (Å²) in [6.45, 7) is 1.54. The zero-order valence-corrected chi connectivity index (χ0v) is 14.6. The van der Waals surface area contributed by atoms with Gasteiger partial charge in [0.05, 0.1) is 0 Å². The molecule has 1 amide bonds. The molecular formula is C19H21N5O2. The number of piperidine rings is 1. The number of para-hydroxylation sites is 1. The molecule has 4 rings (SSSR count). The number of fused-ring (bicyclic) bond motifs is 1. The zero-order chi connectivity index (χ0) is 18.1. The second-order valence-electron chi connectivity index (χ2n) is 6.68. The van der Waals surface area contributed by atoms with Gasteiger partial charge in [0.15, 0.2) is 0 Å². The molecular weight excluding hydrogens is 330 g/mol. The minimum atomic E-state index is -0.130. The minimum Gasteiger partial charge on any atom is -0.353 e. The number of carbonyl (C=O) groups is 1. The number of aryl methyl sites for hydroxylation is 1. The lowest BCUT2D eigenvalue weighted by Gasteiger charge is -2.33. The van der Waals surface area contributed by atoms with Gasteiger partial charge in [-0.15, -0.1) is 0 Å². The maximum Gasteiger partial charge on any atom is 0.268 e. The van der Waals surface area contributed by atoms with Gasteiger partial charge in [0.25, 0.3) is 11.5 Å². The SMILES string of the molecule is Cn1nc(N2CCCC(NC(=O)c3cc4ccccc4[nH]3)C2)ccc1=O. The third-order valence-corrected chi connectivity index (χ3v) is 4.80. The summed E-state index contributed by atoms with van der Waals surface area (Å²) in [7, 11) is 1.64. The molecule has 2 N–H and O–H groups in total. The van der Waals surface area contributed by atoms with Crippen LogP contribution in [-0.2, 0) is 7.05 Å². The molecule has 3 heterocycles. The van der Waals surface area contributed by atoms with Crippen molar-refractivity contribution in [3.63, 3.8) is 0 Å². The van der Waals surface area contributed by atoms with E-state index in [1.807, 2.05) is 30.3 Å². The zero-order valence-electron chi connectivity index (χ0n) is 14.6. The number of rotatable bonds is 3. The number of hydrogen-bond donors (Lipinski definition) is 2. The highest BCUT2D eigenvalue weighted by atomic mass is 16.2. The van der Waals surface area contributed by atoms with Crippen molar-refractivity contribution in [1.82, 2.24) is 20.1 Å². The lowest BCUT2D eigenvalue weighted by molar-refractivity contribution is 0.0929. The molecule has 1 unspecified atom stereocenters. The first-order valence-electron chi connectivity index (χ1n) is 8.78. The number of hydrogen-bond acceptors (Lipinski definition) is 4. The Morgan fingerprint density at radius 1 is 1.27 bits per heavy atom. The number of aromatic amines is 1. The van der Waals surface area contributed by atoms with Crippen molar-refractivity contribution in [3.05, 3.63) is 58.5 Å². The van der Waals surface area contributed by atoms with Crippen LogP contribution in [0.3, 0.4) is 0 Å². The van der Waals surface area contributed by atoms with Gasteiger partial charge in [-0.25, -0.2) is 4.68 Å². The van der Waals surface area contributed by atoms with Gasteiger partial charge in [0.2, 0.25) is 0 Å². The molecule has 134 valence electrons. The Morgan fingerprint density at radius 3 is 2.92 bits per heavy atom. The van der Waals surface area contributed by atoms with Crippen LogP contribution in [-0.4, -0.2) is 39.8 Å². The van der Waals surface area contributed by atoms with E-state index >= 15 is 0 Å². The fourth-order valence-electron chi connectivity index (χ4n) is 3.42. The van der Waals surface area contributed by atoms with Gasteiger partial charge in [-0.1, -0.05) is 18.2 Å². The van der Waals surface area contributed by atoms with Crippen molar-refractivity contribution in [2.45, 2.75) is 18.9 Å². The van der Waals surface area contributed by atoms with Crippen molar-refractivity contribution in [2.24, 2.45) is 7.05 Å². The van der Waals surface area contributed by atoms with Crippen molar-refractivity contribution in [1.29, 1.82) is 0 Å². The smallest absolute Gasteiger partial charge is 0.268 e. The molecule has 7 nitrogen and oxygen atoms in total. The number of carbonyl (C=O) groups excluding carboxylic acids is 1. The summed E-state index contributed by atoms with van der Waals surface area (Å²) < 4.78 is 1.34. The molecule has 0 radical (unpaired) electrons. The number of nitrogens with one attached hydrogen (secondary N) is 2. The van der Waals surface area contributed by atoms with E-state index in [1.165, 1.54) is 10.7 Å². The lowest BCUT2D eigenvalue weighted by atomic mass is 10.1. The largest absolute Gasteiger partial charge is 0.353 e. The maximum atomic E-state index is 12.6. The molecule has 1 aliphatic heterocycles. The van der Waals surface area contributed by atoms with Crippen molar-refractivity contribution in [3.8, 4) is 0 Å². The van der Waals surface area contributed by atoms with Gasteiger partial charge in [-0.2, -0.15) is 5.10 Å². The second kappa shape index (κ2) is 6.67. The van der Waals surface area contributed by atoms with Gasteiger partial charge in [-0.3, -0.25) is 9.59 Å². The highest BCUT2D eigenvalue weighted by Gasteiger charge is 2.23. The number of nitrogens with zero attached hydrogens (tertiary/aromatic N) is 3. The third kappa shape index (κ3) is 3.20. The summed E-state index contributed by atoms with van der Waals surface area (Å²) in [6, 6.07) is 13.0. The van der Waals surface area contributed by atoms with E-state index in [9.17, 15) is 9.59 Å². The van der Waals surface area contributed by atoms with Crippen LogP contribution < -0.4 is 15.8 Å². The first kappa shape index (κ1) is 16.4. The predicted molar refractivity (Wildman–Crippen MR) is 100 cm³/mol. The van der Waals surface area contributed by atoms with E-state index in [2.05, 4.69) is 20.3 Å². The fourth-order valence-corrected chi connectivity index (χ4v) is 3.42. The minimum absolute atomic E-state index is 0.0432. The van der Waals surface area contributed by atoms with E-state index in [4.69, 9.17) is 0 Å². The van der Waals surface area contributed by atoms with Crippen molar-refractivity contribution >= 4 is 22.6 Å². The number of amides is 1. The summed E-state index contributed by atoms with van der Waals surface area (Å²) in [5, 5.41) is 8.45. The lowest BCUT2D eigenvalue weighted by Crippen LogP contribution is -2.48. The van der Waals surface area contributed by atoms with Crippen LogP contribution in [0.15, 0.2) is 47.3 Å². The number of benzene rings is 1. The molecule has 1 atom stereocenters. The molecule has 0 bridgehead atoms. The van der Waals surface area contributed by atoms with E-state index in [0.29, 0.717) is 12.2 Å². The molecule has 1 aromatic carbocycles. The molecule has 7 heteroatoms. The standard InChI is InChI=1S/C19H21N5O2/c1-23-18(25)9-8-17(22-23)24-10-4-6-14(12-24)20-19(26)16-11-13-5-2-3-7-15(13)21-16/h2-3,5,7-9,11,14,21H,4,6,10,12H2,1H3,(H,20,26). The topological polar surface area (TPSA) is 83.0 Å². The molecule has 1 saturated heterocycles. The number of aromatic nitrogens is 3. The average molecular weight is 351 g/mol. The van der Waals surface area contributed by atoms with Crippen LogP contribution in [0.4, 0.5) is 5.82 Å². The van der Waals surface area contributed by atoms with E-state index < -0.39 is 0 Å². The first-order valence-corrected chi connectivity index (χ1v) is 8.78. The normalized spacial score (nSPS) is 17.4. The highest BCUT2D eigenvalue weighted by Crippen LogP contribution is 2.18. The van der Waals surface area contributed by atoms with Crippen LogP contribution in [0.2, 0.25) is 0 Å². The Kier molecular flexibility index (Phi) is 4.20. The number of H-pyrrole nitrogens is 1. The van der Waals surface area contributed by atoms with Gasteiger partial charge in [0, 0.05) is 43.1 Å². The van der Waals surface area contributed by atoms with Crippen molar-refractivity contribution < 1.29 is 4.79 Å². The molecule has 0 saturated carbocycles. The molecule has 0 aliphatic carbocycles. The molecule has 3 aromatic rings. The Hall–Kier alpha value is -3.09. The summed E-state index contributed by atoms with van der Waals surface area (Å²) in [6.07, 6.45) is 1.89. The van der Waals surface area contributed by atoms with E-state index in [1.54, 1.807) is 13.1 Å².